The zero-order valence-electron chi connectivity index (χ0n) is 8.58. The van der Waals surface area contributed by atoms with Crippen LogP contribution in [-0.2, 0) is 9.59 Å². The van der Waals surface area contributed by atoms with Crippen LogP contribution in [0, 0.1) is 5.92 Å². The molecular weight excluding hydrogens is 232 g/mol. The summed E-state index contributed by atoms with van der Waals surface area (Å²) in [6, 6.07) is 0. The quantitative estimate of drug-likeness (QED) is 0.559. The largest absolute Gasteiger partial charge is 0.477 e. The molecule has 0 saturated carbocycles. The fourth-order valence-electron chi connectivity index (χ4n) is 2.00. The van der Waals surface area contributed by atoms with Crippen LogP contribution in [0.3, 0.4) is 0 Å². The second kappa shape index (κ2) is 3.76. The number of rotatable bonds is 3. The lowest BCUT2D eigenvalue weighted by molar-refractivity contribution is -0.156. The number of nitrogens with two attached hydrogens (primary N) is 1. The van der Waals surface area contributed by atoms with E-state index in [4.69, 9.17) is 10.8 Å². The van der Waals surface area contributed by atoms with Crippen LogP contribution in [0.1, 0.15) is 6.92 Å². The van der Waals surface area contributed by atoms with Gasteiger partial charge in [-0.3, -0.25) is 9.69 Å². The number of aliphatic carboxylic acids is 1. The van der Waals surface area contributed by atoms with Crippen molar-refractivity contribution in [2.75, 3.05) is 6.54 Å². The number of aliphatic hydroxyl groups is 1. The number of aliphatic hydroxyl groups excluding tert-OH is 1. The Balaban J connectivity index is 2.29. The van der Waals surface area contributed by atoms with Crippen molar-refractivity contribution in [3.8, 4) is 0 Å². The Morgan fingerprint density at radius 3 is 2.75 bits per heavy atom. The second-order valence-corrected chi connectivity index (χ2v) is 4.98. The molecule has 3 atom stereocenters. The molecule has 0 spiro atoms. The normalized spacial score (nSPS) is 30.2. The fraction of sp³-hybridized carbons (Fsp3) is 0.556. The van der Waals surface area contributed by atoms with Crippen molar-refractivity contribution < 1.29 is 19.8 Å². The summed E-state index contributed by atoms with van der Waals surface area (Å²) in [7, 11) is 0. The standard InChI is InChI=1S/C9H12N2O4S/c1-3(12)5-7(13)11-6(9(14)15)4(2-10)16-8(5)11/h3,5,8,12H,2,10H2,1H3,(H,14,15)/t3-,5+,8-/m1/s1. The first-order valence-corrected chi connectivity index (χ1v) is 5.71. The monoisotopic (exact) mass is 244 g/mol. The number of carbonyl (C=O) groups is 2. The first kappa shape index (κ1) is 11.4. The van der Waals surface area contributed by atoms with E-state index in [1.807, 2.05) is 0 Å². The van der Waals surface area contributed by atoms with Crippen LogP contribution < -0.4 is 5.73 Å². The van der Waals surface area contributed by atoms with Crippen LogP contribution in [0.15, 0.2) is 10.6 Å². The molecule has 2 rings (SSSR count). The molecule has 16 heavy (non-hydrogen) atoms. The molecule has 7 heteroatoms. The molecule has 2 aliphatic rings. The Morgan fingerprint density at radius 1 is 1.69 bits per heavy atom. The summed E-state index contributed by atoms with van der Waals surface area (Å²) in [6.45, 7) is 1.63. The van der Waals surface area contributed by atoms with Gasteiger partial charge in [0.25, 0.3) is 0 Å². The van der Waals surface area contributed by atoms with E-state index in [1.165, 1.54) is 23.6 Å². The van der Waals surface area contributed by atoms with Crippen molar-refractivity contribution in [2.24, 2.45) is 11.7 Å². The van der Waals surface area contributed by atoms with Gasteiger partial charge in [-0.2, -0.15) is 0 Å². The number of fused-ring (bicyclic) bond motifs is 1. The fourth-order valence-corrected chi connectivity index (χ4v) is 3.49. The van der Waals surface area contributed by atoms with Gasteiger partial charge < -0.3 is 15.9 Å². The van der Waals surface area contributed by atoms with Crippen LogP contribution in [-0.4, -0.2) is 45.0 Å². The second-order valence-electron chi connectivity index (χ2n) is 3.76. The van der Waals surface area contributed by atoms with Crippen molar-refractivity contribution in [1.82, 2.24) is 4.90 Å². The number of amides is 1. The molecule has 2 aliphatic heterocycles. The molecule has 1 fully saturated rings. The Bertz CT molecular complexity index is 393. The van der Waals surface area contributed by atoms with Crippen molar-refractivity contribution in [2.45, 2.75) is 18.4 Å². The van der Waals surface area contributed by atoms with Crippen LogP contribution >= 0.6 is 11.8 Å². The van der Waals surface area contributed by atoms with Gasteiger partial charge in [-0.1, -0.05) is 0 Å². The molecule has 0 bridgehead atoms. The summed E-state index contributed by atoms with van der Waals surface area (Å²) in [5.74, 6) is -2.01. The van der Waals surface area contributed by atoms with Gasteiger partial charge in [0.05, 0.1) is 12.0 Å². The van der Waals surface area contributed by atoms with Crippen molar-refractivity contribution >= 4 is 23.6 Å². The van der Waals surface area contributed by atoms with E-state index < -0.39 is 18.0 Å². The summed E-state index contributed by atoms with van der Waals surface area (Å²) in [5.41, 5.74) is 5.41. The number of thioether (sulfide) groups is 1. The van der Waals surface area contributed by atoms with E-state index >= 15 is 0 Å². The molecule has 6 nitrogen and oxygen atoms in total. The van der Waals surface area contributed by atoms with E-state index in [-0.39, 0.29) is 23.5 Å². The summed E-state index contributed by atoms with van der Waals surface area (Å²) in [6.07, 6.45) is -0.770. The molecule has 4 N–H and O–H groups in total. The minimum Gasteiger partial charge on any atom is -0.477 e. The smallest absolute Gasteiger partial charge is 0.353 e. The molecule has 0 aromatic heterocycles. The van der Waals surface area contributed by atoms with Gasteiger partial charge in [0.2, 0.25) is 5.91 Å². The lowest BCUT2D eigenvalue weighted by Gasteiger charge is -2.43. The van der Waals surface area contributed by atoms with Crippen LogP contribution in [0.2, 0.25) is 0 Å². The van der Waals surface area contributed by atoms with E-state index in [0.717, 1.165) is 0 Å². The highest BCUT2D eigenvalue weighted by molar-refractivity contribution is 8.04. The lowest BCUT2D eigenvalue weighted by atomic mass is 9.92. The number of hydrogen-bond acceptors (Lipinski definition) is 5. The topological polar surface area (TPSA) is 104 Å². The van der Waals surface area contributed by atoms with Gasteiger partial charge in [0.15, 0.2) is 0 Å². The van der Waals surface area contributed by atoms with Gasteiger partial charge >= 0.3 is 5.97 Å². The van der Waals surface area contributed by atoms with Crippen molar-refractivity contribution in [1.29, 1.82) is 0 Å². The molecule has 1 saturated heterocycles. The average molecular weight is 244 g/mol. The van der Waals surface area contributed by atoms with Crippen molar-refractivity contribution in [3.05, 3.63) is 10.6 Å². The zero-order chi connectivity index (χ0) is 12.0. The van der Waals surface area contributed by atoms with Gasteiger partial charge in [-0.05, 0) is 6.92 Å². The van der Waals surface area contributed by atoms with Crippen molar-refractivity contribution in [3.63, 3.8) is 0 Å². The highest BCUT2D eigenvalue weighted by Crippen LogP contribution is 2.49. The van der Waals surface area contributed by atoms with Gasteiger partial charge in [-0.25, -0.2) is 4.79 Å². The van der Waals surface area contributed by atoms with Crippen LogP contribution in [0.4, 0.5) is 0 Å². The van der Waals surface area contributed by atoms with E-state index in [2.05, 4.69) is 0 Å². The Hall–Kier alpha value is -1.05. The number of carboxylic acid groups (broad SMARTS) is 1. The number of β-lactam (4-membered cyclic amide) rings is 1. The van der Waals surface area contributed by atoms with Gasteiger partial charge in [-0.15, -0.1) is 11.8 Å². The summed E-state index contributed by atoms with van der Waals surface area (Å²) < 4.78 is 0. The SMILES string of the molecule is C[C@@H](O)[C@H]1C(=O)N2C(C(=O)O)=C(CN)S[C@H]12. The highest BCUT2D eigenvalue weighted by atomic mass is 32.2. The molecule has 2 heterocycles. The maximum Gasteiger partial charge on any atom is 0.353 e. The van der Waals surface area contributed by atoms with E-state index in [0.29, 0.717) is 4.91 Å². The maximum absolute atomic E-state index is 11.7. The third-order valence-electron chi connectivity index (χ3n) is 2.76. The first-order valence-electron chi connectivity index (χ1n) is 4.83. The van der Waals surface area contributed by atoms with Crippen LogP contribution in [0.5, 0.6) is 0 Å². The third kappa shape index (κ3) is 1.35. The van der Waals surface area contributed by atoms with Gasteiger partial charge in [0.1, 0.15) is 11.1 Å². The summed E-state index contributed by atoms with van der Waals surface area (Å²) >= 11 is 1.26. The first-order chi connectivity index (χ1) is 7.49. The van der Waals surface area contributed by atoms with Gasteiger partial charge in [0, 0.05) is 11.4 Å². The molecular formula is C9H12N2O4S. The van der Waals surface area contributed by atoms with E-state index in [9.17, 15) is 14.7 Å². The summed E-state index contributed by atoms with van der Waals surface area (Å²) in [4.78, 5) is 24.4. The predicted molar refractivity (Wildman–Crippen MR) is 57.1 cm³/mol. The van der Waals surface area contributed by atoms with E-state index in [1.54, 1.807) is 0 Å². The molecule has 0 radical (unpaired) electrons. The zero-order valence-corrected chi connectivity index (χ0v) is 9.40. The average Bonchev–Trinajstić information content (AvgIpc) is 2.51. The molecule has 0 aromatic carbocycles. The highest BCUT2D eigenvalue weighted by Gasteiger charge is 2.57. The Labute approximate surface area is 96.1 Å². The third-order valence-corrected chi connectivity index (χ3v) is 4.15. The number of carbonyl (C=O) groups excluding carboxylic acids is 1. The molecule has 0 aliphatic carbocycles. The molecule has 0 aromatic rings. The molecule has 0 unspecified atom stereocenters. The predicted octanol–water partition coefficient (Wildman–Crippen LogP) is -0.847. The number of carboxylic acids is 1. The molecule has 1 amide bonds. The number of hydrogen-bond donors (Lipinski definition) is 3. The Kier molecular flexibility index (Phi) is 2.69. The lowest BCUT2D eigenvalue weighted by Crippen LogP contribution is -2.60. The molecule has 88 valence electrons. The number of nitrogens with zero attached hydrogens (tertiary/aromatic N) is 1. The Morgan fingerprint density at radius 2 is 2.31 bits per heavy atom. The van der Waals surface area contributed by atoms with Crippen LogP contribution in [0.25, 0.3) is 0 Å². The maximum atomic E-state index is 11.7. The summed E-state index contributed by atoms with van der Waals surface area (Å²) in [5, 5.41) is 18.1. The minimum atomic E-state index is -1.15. The minimum absolute atomic E-state index is 0.0283.